The minimum Gasteiger partial charge on any atom is -0.496 e. The molecule has 0 aliphatic heterocycles. The Balaban J connectivity index is 1.71. The number of anilines is 1. The Morgan fingerprint density at radius 3 is 2.74 bits per heavy atom. The van der Waals surface area contributed by atoms with E-state index in [1.807, 2.05) is 35.7 Å². The molecule has 0 saturated carbocycles. The van der Waals surface area contributed by atoms with Crippen LogP contribution in [0.25, 0.3) is 11.3 Å². The number of rotatable bonds is 6. The lowest BCUT2D eigenvalue weighted by Crippen LogP contribution is -2.07. The average Bonchev–Trinajstić information content (AvgIpc) is 3.18. The molecule has 0 aliphatic rings. The number of carbonyl (C=O) groups excluding carboxylic acids is 1. The summed E-state index contributed by atoms with van der Waals surface area (Å²) in [5.74, 6) is 0.909. The first-order chi connectivity index (χ1) is 13.2. The lowest BCUT2D eigenvalue weighted by Gasteiger charge is -2.07. The lowest BCUT2D eigenvalue weighted by atomic mass is 10.2. The predicted octanol–water partition coefficient (Wildman–Crippen LogP) is 4.41. The minimum atomic E-state index is -0.794. The van der Waals surface area contributed by atoms with E-state index in [1.165, 1.54) is 18.4 Å². The van der Waals surface area contributed by atoms with E-state index in [2.05, 4.69) is 20.2 Å². The number of aromatic nitrogens is 1. The molecular formula is C19H17N3O4S. The number of hydrogen-bond acceptors (Lipinski definition) is 8. The molecule has 3 aromatic rings. The number of benzene rings is 2. The number of carbonyl (C=O) groups is 1. The van der Waals surface area contributed by atoms with Gasteiger partial charge in [-0.25, -0.2) is 9.78 Å². The van der Waals surface area contributed by atoms with Crippen molar-refractivity contribution in [2.45, 2.75) is 0 Å². The van der Waals surface area contributed by atoms with Crippen molar-refractivity contribution >= 4 is 28.8 Å². The van der Waals surface area contributed by atoms with Gasteiger partial charge in [0.2, 0.25) is 5.13 Å². The molecule has 0 aliphatic carbocycles. The van der Waals surface area contributed by atoms with Gasteiger partial charge in [0.25, 0.3) is 0 Å². The maximum absolute atomic E-state index is 11.2. The van der Waals surface area contributed by atoms with Crippen molar-refractivity contribution in [2.24, 2.45) is 5.10 Å². The van der Waals surface area contributed by atoms with Gasteiger partial charge in [-0.1, -0.05) is 30.3 Å². The fourth-order valence-electron chi connectivity index (χ4n) is 2.24. The third-order valence-corrected chi connectivity index (χ3v) is 4.25. The number of methoxy groups -OCH3 is 2. The van der Waals surface area contributed by atoms with Crippen LogP contribution < -0.4 is 14.9 Å². The van der Waals surface area contributed by atoms with E-state index in [4.69, 9.17) is 9.47 Å². The van der Waals surface area contributed by atoms with Crippen LogP contribution in [0, 0.1) is 0 Å². The number of thiazole rings is 1. The molecule has 1 heterocycles. The Hall–Kier alpha value is -3.39. The molecule has 2 aromatic carbocycles. The summed E-state index contributed by atoms with van der Waals surface area (Å²) in [6.07, 6.45) is 0.768. The number of hydrazone groups is 1. The second kappa shape index (κ2) is 8.81. The van der Waals surface area contributed by atoms with Gasteiger partial charge in [0.05, 0.1) is 26.1 Å². The molecule has 0 saturated heterocycles. The highest BCUT2D eigenvalue weighted by Crippen LogP contribution is 2.25. The molecule has 0 atom stereocenters. The molecule has 1 N–H and O–H groups in total. The van der Waals surface area contributed by atoms with E-state index in [-0.39, 0.29) is 0 Å². The van der Waals surface area contributed by atoms with Crippen molar-refractivity contribution in [3.05, 3.63) is 59.5 Å². The summed E-state index contributed by atoms with van der Waals surface area (Å²) in [6.45, 7) is 0. The van der Waals surface area contributed by atoms with Crippen LogP contribution in [0.5, 0.6) is 11.5 Å². The van der Waals surface area contributed by atoms with Crippen LogP contribution in [0.1, 0.15) is 5.56 Å². The van der Waals surface area contributed by atoms with Crippen LogP contribution in [-0.2, 0) is 4.74 Å². The molecule has 138 valence electrons. The zero-order valence-electron chi connectivity index (χ0n) is 14.7. The van der Waals surface area contributed by atoms with Gasteiger partial charge >= 0.3 is 6.16 Å². The molecular weight excluding hydrogens is 366 g/mol. The highest BCUT2D eigenvalue weighted by atomic mass is 32.1. The standard InChI is InChI=1S/C19H17N3O4S/c1-24-17-9-8-15(26-19(23)25-2)10-14(17)11-20-22-18-21-16(12-27-18)13-6-4-3-5-7-13/h3-12H,1-2H3,(H,21,22). The van der Waals surface area contributed by atoms with E-state index in [1.54, 1.807) is 31.5 Å². The van der Waals surface area contributed by atoms with Gasteiger partial charge in [-0.15, -0.1) is 11.3 Å². The van der Waals surface area contributed by atoms with Crippen molar-refractivity contribution in [3.8, 4) is 22.8 Å². The largest absolute Gasteiger partial charge is 0.513 e. The van der Waals surface area contributed by atoms with Crippen LogP contribution in [0.15, 0.2) is 59.0 Å². The maximum atomic E-state index is 11.2. The maximum Gasteiger partial charge on any atom is 0.513 e. The van der Waals surface area contributed by atoms with Crippen molar-refractivity contribution < 1.29 is 19.0 Å². The van der Waals surface area contributed by atoms with E-state index < -0.39 is 6.16 Å². The third-order valence-electron chi connectivity index (χ3n) is 3.51. The van der Waals surface area contributed by atoms with Gasteiger partial charge in [-0.05, 0) is 18.2 Å². The van der Waals surface area contributed by atoms with Crippen LogP contribution in [0.4, 0.5) is 9.93 Å². The quantitative estimate of drug-likeness (QED) is 0.294. The molecule has 8 heteroatoms. The summed E-state index contributed by atoms with van der Waals surface area (Å²) < 4.78 is 14.8. The smallest absolute Gasteiger partial charge is 0.496 e. The van der Waals surface area contributed by atoms with Crippen LogP contribution in [-0.4, -0.2) is 31.6 Å². The van der Waals surface area contributed by atoms with Crippen molar-refractivity contribution in [1.29, 1.82) is 0 Å². The first-order valence-electron chi connectivity index (χ1n) is 7.93. The zero-order chi connectivity index (χ0) is 19.1. The highest BCUT2D eigenvalue weighted by molar-refractivity contribution is 7.14. The Morgan fingerprint density at radius 1 is 1.19 bits per heavy atom. The minimum absolute atomic E-state index is 0.324. The average molecular weight is 383 g/mol. The number of nitrogens with one attached hydrogen (secondary N) is 1. The molecule has 7 nitrogen and oxygen atoms in total. The predicted molar refractivity (Wildman–Crippen MR) is 105 cm³/mol. The van der Waals surface area contributed by atoms with Gasteiger partial charge in [0.15, 0.2) is 0 Å². The van der Waals surface area contributed by atoms with E-state index >= 15 is 0 Å². The van der Waals surface area contributed by atoms with Gasteiger partial charge in [0.1, 0.15) is 11.5 Å². The Bertz CT molecular complexity index is 941. The fraction of sp³-hybridized carbons (Fsp3) is 0.105. The number of ether oxygens (including phenoxy) is 3. The second-order valence-electron chi connectivity index (χ2n) is 5.23. The van der Waals surface area contributed by atoms with Gasteiger partial charge in [0, 0.05) is 16.5 Å². The van der Waals surface area contributed by atoms with E-state index in [0.29, 0.717) is 22.2 Å². The van der Waals surface area contributed by atoms with Crippen molar-refractivity contribution in [2.75, 3.05) is 19.6 Å². The monoisotopic (exact) mass is 383 g/mol. The highest BCUT2D eigenvalue weighted by Gasteiger charge is 2.08. The van der Waals surface area contributed by atoms with Gasteiger partial charge in [-0.2, -0.15) is 5.10 Å². The van der Waals surface area contributed by atoms with Gasteiger partial charge < -0.3 is 14.2 Å². The lowest BCUT2D eigenvalue weighted by molar-refractivity contribution is 0.121. The zero-order valence-corrected chi connectivity index (χ0v) is 15.5. The van der Waals surface area contributed by atoms with E-state index in [0.717, 1.165) is 11.3 Å². The van der Waals surface area contributed by atoms with Crippen LogP contribution in [0.2, 0.25) is 0 Å². The summed E-state index contributed by atoms with van der Waals surface area (Å²) in [4.78, 5) is 15.7. The molecule has 0 amide bonds. The third kappa shape index (κ3) is 4.83. The number of hydrogen-bond donors (Lipinski definition) is 1. The number of nitrogens with zero attached hydrogens (tertiary/aromatic N) is 2. The first kappa shape index (κ1) is 18.4. The normalized spacial score (nSPS) is 10.6. The molecule has 1 aromatic heterocycles. The van der Waals surface area contributed by atoms with Crippen LogP contribution >= 0.6 is 11.3 Å². The molecule has 0 bridgehead atoms. The Labute approximate surface area is 160 Å². The summed E-state index contributed by atoms with van der Waals surface area (Å²) in [6, 6.07) is 14.8. The van der Waals surface area contributed by atoms with Crippen molar-refractivity contribution in [3.63, 3.8) is 0 Å². The van der Waals surface area contributed by atoms with Gasteiger partial charge in [-0.3, -0.25) is 5.43 Å². The molecule has 3 rings (SSSR count). The Morgan fingerprint density at radius 2 is 2.00 bits per heavy atom. The fourth-order valence-corrected chi connectivity index (χ4v) is 2.91. The summed E-state index contributed by atoms with van der Waals surface area (Å²) in [7, 11) is 2.80. The molecule has 27 heavy (non-hydrogen) atoms. The topological polar surface area (TPSA) is 82.0 Å². The molecule has 0 fully saturated rings. The molecule has 0 radical (unpaired) electrons. The first-order valence-corrected chi connectivity index (χ1v) is 8.81. The van der Waals surface area contributed by atoms with Crippen molar-refractivity contribution in [1.82, 2.24) is 4.98 Å². The summed E-state index contributed by atoms with van der Waals surface area (Å²) in [5.41, 5.74) is 5.45. The molecule has 0 unspecified atom stereocenters. The summed E-state index contributed by atoms with van der Waals surface area (Å²) in [5, 5.41) is 6.80. The van der Waals surface area contributed by atoms with Crippen LogP contribution in [0.3, 0.4) is 0 Å². The SMILES string of the molecule is COC(=O)Oc1ccc(OC)c(C=NNc2nc(-c3ccccc3)cs2)c1. The summed E-state index contributed by atoms with van der Waals surface area (Å²) >= 11 is 1.45. The second-order valence-corrected chi connectivity index (χ2v) is 6.09. The van der Waals surface area contributed by atoms with E-state index in [9.17, 15) is 4.79 Å². The Kier molecular flexibility index (Phi) is 6.01. The molecule has 0 spiro atoms.